The molecule has 1 rings (SSSR count). The second kappa shape index (κ2) is 9.00. The third-order valence-corrected chi connectivity index (χ3v) is 1.90. The normalized spacial score (nSPS) is 9.44. The number of hydrogen-bond donors (Lipinski definition) is 4. The Labute approximate surface area is 95.8 Å². The van der Waals surface area contributed by atoms with E-state index in [-0.39, 0.29) is 24.7 Å². The number of aliphatic hydroxyl groups excluding tert-OH is 2. The van der Waals surface area contributed by atoms with E-state index in [2.05, 4.69) is 0 Å². The van der Waals surface area contributed by atoms with Crippen molar-refractivity contribution >= 4 is 0 Å². The average molecular weight is 228 g/mol. The van der Waals surface area contributed by atoms with Crippen LogP contribution in [-0.4, -0.2) is 33.6 Å². The first-order valence-corrected chi connectivity index (χ1v) is 5.38. The number of rotatable bonds is 4. The van der Waals surface area contributed by atoms with E-state index < -0.39 is 0 Å². The molecule has 0 spiro atoms. The standard InChI is InChI=1S/C9H12O2.C3H8O2/c1-2-3-7-4-5-8(10)6-9(7)11;4-2-1-3-5/h4-6,10-11H,2-3H2,1H3;4-5H,1-3H2. The Bertz CT molecular complexity index is 284. The minimum atomic E-state index is 0.0938. The number of aliphatic hydroxyl groups is 2. The van der Waals surface area contributed by atoms with Crippen molar-refractivity contribution in [2.45, 2.75) is 26.2 Å². The lowest BCUT2D eigenvalue weighted by molar-refractivity contribution is 0.221. The summed E-state index contributed by atoms with van der Waals surface area (Å²) in [4.78, 5) is 0. The first-order valence-electron chi connectivity index (χ1n) is 5.38. The number of aromatic hydroxyl groups is 2. The molecular weight excluding hydrogens is 208 g/mol. The van der Waals surface area contributed by atoms with Crippen LogP contribution < -0.4 is 0 Å². The summed E-state index contributed by atoms with van der Waals surface area (Å²) in [5.74, 6) is 0.300. The zero-order chi connectivity index (χ0) is 12.4. The summed E-state index contributed by atoms with van der Waals surface area (Å²) in [6.07, 6.45) is 2.35. The van der Waals surface area contributed by atoms with Gasteiger partial charge in [0.1, 0.15) is 11.5 Å². The topological polar surface area (TPSA) is 80.9 Å². The van der Waals surface area contributed by atoms with Gasteiger partial charge in [0.2, 0.25) is 0 Å². The maximum absolute atomic E-state index is 9.26. The highest BCUT2D eigenvalue weighted by Crippen LogP contribution is 2.23. The van der Waals surface area contributed by atoms with Crippen LogP contribution >= 0.6 is 0 Å². The summed E-state index contributed by atoms with van der Waals surface area (Å²) < 4.78 is 0. The van der Waals surface area contributed by atoms with Crippen molar-refractivity contribution in [2.24, 2.45) is 0 Å². The summed E-state index contributed by atoms with van der Waals surface area (Å²) in [6.45, 7) is 2.24. The molecule has 0 aliphatic carbocycles. The predicted molar refractivity (Wildman–Crippen MR) is 62.6 cm³/mol. The molecule has 0 bridgehead atoms. The van der Waals surface area contributed by atoms with Gasteiger partial charge in [0.25, 0.3) is 0 Å². The maximum atomic E-state index is 9.26. The first-order chi connectivity index (χ1) is 7.65. The SMILES string of the molecule is CCCc1ccc(O)cc1O.OCCCO. The van der Waals surface area contributed by atoms with Crippen molar-refractivity contribution in [1.29, 1.82) is 0 Å². The van der Waals surface area contributed by atoms with Gasteiger partial charge in [0.15, 0.2) is 0 Å². The Balaban J connectivity index is 0.000000385. The predicted octanol–water partition coefficient (Wildman–Crippen LogP) is 1.41. The van der Waals surface area contributed by atoms with Crippen LogP contribution in [0.5, 0.6) is 11.5 Å². The molecule has 0 aliphatic heterocycles. The maximum Gasteiger partial charge on any atom is 0.122 e. The summed E-state index contributed by atoms with van der Waals surface area (Å²) in [5.41, 5.74) is 0.894. The smallest absolute Gasteiger partial charge is 0.122 e. The number of phenols is 2. The molecule has 1 aromatic carbocycles. The van der Waals surface area contributed by atoms with Gasteiger partial charge >= 0.3 is 0 Å². The van der Waals surface area contributed by atoms with Crippen LogP contribution in [-0.2, 0) is 6.42 Å². The molecule has 4 heteroatoms. The zero-order valence-corrected chi connectivity index (χ0v) is 9.56. The summed E-state index contributed by atoms with van der Waals surface area (Å²) >= 11 is 0. The molecule has 0 aliphatic rings. The second-order valence-corrected chi connectivity index (χ2v) is 3.36. The van der Waals surface area contributed by atoms with Crippen molar-refractivity contribution in [3.8, 4) is 11.5 Å². The van der Waals surface area contributed by atoms with E-state index in [1.54, 1.807) is 12.1 Å². The van der Waals surface area contributed by atoms with Gasteiger partial charge in [-0.2, -0.15) is 0 Å². The molecule has 0 radical (unpaired) electrons. The third-order valence-electron chi connectivity index (χ3n) is 1.90. The average Bonchev–Trinajstić information content (AvgIpc) is 2.24. The molecule has 0 saturated carbocycles. The van der Waals surface area contributed by atoms with Crippen LogP contribution in [0.3, 0.4) is 0 Å². The number of phenolic OH excluding ortho intramolecular Hbond substituents is 2. The fourth-order valence-corrected chi connectivity index (χ4v) is 1.10. The zero-order valence-electron chi connectivity index (χ0n) is 9.56. The number of hydrogen-bond acceptors (Lipinski definition) is 4. The highest BCUT2D eigenvalue weighted by Gasteiger charge is 1.99. The van der Waals surface area contributed by atoms with E-state index in [1.807, 2.05) is 6.92 Å². The lowest BCUT2D eigenvalue weighted by atomic mass is 10.1. The molecule has 0 amide bonds. The minimum absolute atomic E-state index is 0.0938. The lowest BCUT2D eigenvalue weighted by Crippen LogP contribution is -1.85. The Kier molecular flexibility index (Phi) is 8.29. The Morgan fingerprint density at radius 2 is 1.69 bits per heavy atom. The van der Waals surface area contributed by atoms with Gasteiger partial charge < -0.3 is 20.4 Å². The van der Waals surface area contributed by atoms with E-state index in [0.717, 1.165) is 18.4 Å². The van der Waals surface area contributed by atoms with Gasteiger partial charge in [-0.05, 0) is 24.5 Å². The van der Waals surface area contributed by atoms with Crippen molar-refractivity contribution in [3.05, 3.63) is 23.8 Å². The minimum Gasteiger partial charge on any atom is -0.508 e. The van der Waals surface area contributed by atoms with E-state index >= 15 is 0 Å². The molecule has 92 valence electrons. The van der Waals surface area contributed by atoms with Crippen LogP contribution in [0.4, 0.5) is 0 Å². The molecule has 0 saturated heterocycles. The van der Waals surface area contributed by atoms with Gasteiger partial charge in [-0.1, -0.05) is 19.4 Å². The molecule has 0 atom stereocenters. The fraction of sp³-hybridized carbons (Fsp3) is 0.500. The summed E-state index contributed by atoms with van der Waals surface area (Å²) in [6, 6.07) is 4.70. The van der Waals surface area contributed by atoms with Crippen molar-refractivity contribution in [2.75, 3.05) is 13.2 Å². The van der Waals surface area contributed by atoms with Crippen molar-refractivity contribution in [1.82, 2.24) is 0 Å². The Morgan fingerprint density at radius 3 is 2.06 bits per heavy atom. The van der Waals surface area contributed by atoms with E-state index in [9.17, 15) is 5.11 Å². The molecular formula is C12H20O4. The van der Waals surface area contributed by atoms with E-state index in [1.165, 1.54) is 6.07 Å². The molecule has 0 unspecified atom stereocenters. The van der Waals surface area contributed by atoms with E-state index in [0.29, 0.717) is 6.42 Å². The largest absolute Gasteiger partial charge is 0.508 e. The van der Waals surface area contributed by atoms with Gasteiger partial charge in [-0.25, -0.2) is 0 Å². The summed E-state index contributed by atoms with van der Waals surface area (Å²) in [7, 11) is 0. The van der Waals surface area contributed by atoms with Crippen LogP contribution in [0, 0.1) is 0 Å². The summed E-state index contributed by atoms with van der Waals surface area (Å²) in [5, 5.41) is 34.0. The van der Waals surface area contributed by atoms with Crippen LogP contribution in [0.2, 0.25) is 0 Å². The molecule has 1 aromatic rings. The molecule has 0 fully saturated rings. The van der Waals surface area contributed by atoms with Gasteiger partial charge in [0.05, 0.1) is 0 Å². The van der Waals surface area contributed by atoms with Gasteiger partial charge in [-0.3, -0.25) is 0 Å². The number of benzene rings is 1. The third kappa shape index (κ3) is 6.27. The Hall–Kier alpha value is -1.26. The highest BCUT2D eigenvalue weighted by atomic mass is 16.3. The monoisotopic (exact) mass is 228 g/mol. The molecule has 4 N–H and O–H groups in total. The Morgan fingerprint density at radius 1 is 1.06 bits per heavy atom. The first kappa shape index (κ1) is 14.7. The van der Waals surface area contributed by atoms with Crippen molar-refractivity contribution in [3.63, 3.8) is 0 Å². The molecule has 4 nitrogen and oxygen atoms in total. The number of aryl methyl sites for hydroxylation is 1. The second-order valence-electron chi connectivity index (χ2n) is 3.36. The highest BCUT2D eigenvalue weighted by molar-refractivity contribution is 5.38. The van der Waals surface area contributed by atoms with Gasteiger partial charge in [-0.15, -0.1) is 0 Å². The lowest BCUT2D eigenvalue weighted by Gasteiger charge is -2.01. The quantitative estimate of drug-likeness (QED) is 0.628. The van der Waals surface area contributed by atoms with Crippen LogP contribution in [0.25, 0.3) is 0 Å². The van der Waals surface area contributed by atoms with Crippen LogP contribution in [0.15, 0.2) is 18.2 Å². The van der Waals surface area contributed by atoms with Crippen molar-refractivity contribution < 1.29 is 20.4 Å². The van der Waals surface area contributed by atoms with E-state index in [4.69, 9.17) is 15.3 Å². The molecule has 16 heavy (non-hydrogen) atoms. The molecule has 0 heterocycles. The van der Waals surface area contributed by atoms with Gasteiger partial charge in [0, 0.05) is 19.3 Å². The fourth-order valence-electron chi connectivity index (χ4n) is 1.10. The molecule has 0 aromatic heterocycles. The van der Waals surface area contributed by atoms with Crippen LogP contribution in [0.1, 0.15) is 25.3 Å².